The fourth-order valence-corrected chi connectivity index (χ4v) is 2.34. The van der Waals surface area contributed by atoms with E-state index in [4.69, 9.17) is 9.47 Å². The zero-order chi connectivity index (χ0) is 21.6. The number of hydrogen-bond acceptors (Lipinski definition) is 7. The number of carbonyl (C=O) groups excluding carboxylic acids is 3. The molecular formula is C19H19N3O7. The van der Waals surface area contributed by atoms with Gasteiger partial charge in [0.05, 0.1) is 29.4 Å². The molecule has 2 aromatic carbocycles. The number of anilines is 2. The first-order chi connectivity index (χ1) is 13.7. The van der Waals surface area contributed by atoms with E-state index in [1.54, 1.807) is 12.1 Å². The number of rotatable bonds is 7. The molecule has 1 atom stereocenters. The zero-order valence-corrected chi connectivity index (χ0v) is 15.9. The highest BCUT2D eigenvalue weighted by molar-refractivity contribution is 5.99. The number of hydrogen-bond donors (Lipinski definition) is 2. The van der Waals surface area contributed by atoms with Crippen molar-refractivity contribution in [2.75, 3.05) is 17.7 Å². The van der Waals surface area contributed by atoms with Crippen LogP contribution in [0.15, 0.2) is 42.5 Å². The molecule has 152 valence electrons. The van der Waals surface area contributed by atoms with Gasteiger partial charge in [0.1, 0.15) is 5.75 Å². The van der Waals surface area contributed by atoms with E-state index in [9.17, 15) is 24.5 Å². The Balaban J connectivity index is 2.06. The molecular weight excluding hydrogens is 382 g/mol. The Morgan fingerprint density at radius 3 is 2.45 bits per heavy atom. The highest BCUT2D eigenvalue weighted by Gasteiger charge is 2.21. The number of methoxy groups -OCH3 is 1. The van der Waals surface area contributed by atoms with Crippen LogP contribution < -0.4 is 15.4 Å². The van der Waals surface area contributed by atoms with Gasteiger partial charge in [-0.2, -0.15) is 0 Å². The van der Waals surface area contributed by atoms with Gasteiger partial charge in [0.2, 0.25) is 5.91 Å². The third kappa shape index (κ3) is 5.76. The van der Waals surface area contributed by atoms with Crippen LogP contribution in [0.3, 0.4) is 0 Å². The zero-order valence-electron chi connectivity index (χ0n) is 15.9. The van der Waals surface area contributed by atoms with Crippen LogP contribution in [0.4, 0.5) is 17.1 Å². The van der Waals surface area contributed by atoms with Gasteiger partial charge < -0.3 is 20.1 Å². The molecule has 0 aromatic heterocycles. The van der Waals surface area contributed by atoms with Gasteiger partial charge in [-0.1, -0.05) is 6.07 Å². The number of benzene rings is 2. The van der Waals surface area contributed by atoms with Crippen LogP contribution in [0.2, 0.25) is 0 Å². The Morgan fingerprint density at radius 2 is 1.83 bits per heavy atom. The summed E-state index contributed by atoms with van der Waals surface area (Å²) in [5, 5.41) is 15.9. The van der Waals surface area contributed by atoms with Gasteiger partial charge in [0.25, 0.3) is 11.6 Å². The van der Waals surface area contributed by atoms with Gasteiger partial charge in [-0.3, -0.25) is 19.7 Å². The molecule has 0 radical (unpaired) electrons. The van der Waals surface area contributed by atoms with Crippen molar-refractivity contribution in [3.05, 3.63) is 58.1 Å². The molecule has 0 saturated carbocycles. The Morgan fingerprint density at radius 1 is 1.10 bits per heavy atom. The summed E-state index contributed by atoms with van der Waals surface area (Å²) in [5.74, 6) is -1.60. The second kappa shape index (κ2) is 9.31. The van der Waals surface area contributed by atoms with E-state index in [0.29, 0.717) is 5.69 Å². The number of non-ortho nitro benzene ring substituents is 1. The van der Waals surface area contributed by atoms with Gasteiger partial charge in [0, 0.05) is 18.7 Å². The first-order valence-corrected chi connectivity index (χ1v) is 8.43. The van der Waals surface area contributed by atoms with E-state index in [2.05, 4.69) is 10.6 Å². The molecule has 0 saturated heterocycles. The van der Waals surface area contributed by atoms with Crippen molar-refractivity contribution in [3.8, 4) is 5.75 Å². The summed E-state index contributed by atoms with van der Waals surface area (Å²) in [7, 11) is 1.31. The molecule has 10 heteroatoms. The molecule has 29 heavy (non-hydrogen) atoms. The van der Waals surface area contributed by atoms with E-state index >= 15 is 0 Å². The van der Waals surface area contributed by atoms with Crippen LogP contribution in [0.25, 0.3) is 0 Å². The van der Waals surface area contributed by atoms with E-state index < -0.39 is 22.9 Å². The monoisotopic (exact) mass is 401 g/mol. The maximum absolute atomic E-state index is 12.3. The summed E-state index contributed by atoms with van der Waals surface area (Å²) in [6.07, 6.45) is -1.16. The largest absolute Gasteiger partial charge is 0.494 e. The average molecular weight is 401 g/mol. The number of nitro benzene ring substituents is 1. The van der Waals surface area contributed by atoms with E-state index in [-0.39, 0.29) is 28.6 Å². The molecule has 0 heterocycles. The summed E-state index contributed by atoms with van der Waals surface area (Å²) in [4.78, 5) is 46.0. The fourth-order valence-electron chi connectivity index (χ4n) is 2.34. The first kappa shape index (κ1) is 21.4. The second-order valence-corrected chi connectivity index (χ2v) is 5.94. The molecule has 0 spiro atoms. The Bertz CT molecular complexity index is 959. The third-order valence-electron chi connectivity index (χ3n) is 3.73. The van der Waals surface area contributed by atoms with Crippen LogP contribution in [-0.2, 0) is 14.3 Å². The predicted molar refractivity (Wildman–Crippen MR) is 104 cm³/mol. The minimum atomic E-state index is -1.16. The summed E-state index contributed by atoms with van der Waals surface area (Å²) >= 11 is 0. The van der Waals surface area contributed by atoms with Crippen LogP contribution in [-0.4, -0.2) is 35.9 Å². The Kier molecular flexibility index (Phi) is 6.85. The molecule has 2 aromatic rings. The van der Waals surface area contributed by atoms with Crippen molar-refractivity contribution in [3.63, 3.8) is 0 Å². The van der Waals surface area contributed by atoms with E-state index in [1.807, 2.05) is 0 Å². The number of nitro groups is 1. The summed E-state index contributed by atoms with van der Waals surface area (Å²) in [6, 6.07) is 9.78. The van der Waals surface area contributed by atoms with Gasteiger partial charge >= 0.3 is 5.97 Å². The SMILES string of the molecule is COc1cc([N+](=O)[O-])ccc1NC(=O)[C@@H](C)OC(=O)c1cccc(NC(C)=O)c1. The molecule has 10 nitrogen and oxygen atoms in total. The molecule has 0 aliphatic carbocycles. The van der Waals surface area contributed by atoms with Gasteiger partial charge in [-0.15, -0.1) is 0 Å². The lowest BCUT2D eigenvalue weighted by Crippen LogP contribution is -2.30. The van der Waals surface area contributed by atoms with Crippen LogP contribution in [0.5, 0.6) is 5.75 Å². The fraction of sp³-hybridized carbons (Fsp3) is 0.211. The summed E-state index contributed by atoms with van der Waals surface area (Å²) in [5.41, 5.74) is 0.570. The summed E-state index contributed by atoms with van der Waals surface area (Å²) < 4.78 is 10.2. The first-order valence-electron chi connectivity index (χ1n) is 8.43. The highest BCUT2D eigenvalue weighted by atomic mass is 16.6. The minimum absolute atomic E-state index is 0.0917. The van der Waals surface area contributed by atoms with Crippen molar-refractivity contribution in [1.82, 2.24) is 0 Å². The van der Waals surface area contributed by atoms with Crippen molar-refractivity contribution >= 4 is 34.8 Å². The highest BCUT2D eigenvalue weighted by Crippen LogP contribution is 2.29. The van der Waals surface area contributed by atoms with Crippen LogP contribution in [0, 0.1) is 10.1 Å². The van der Waals surface area contributed by atoms with Gasteiger partial charge in [0.15, 0.2) is 6.10 Å². The van der Waals surface area contributed by atoms with E-state index in [0.717, 1.165) is 0 Å². The van der Waals surface area contributed by atoms with Gasteiger partial charge in [-0.25, -0.2) is 4.79 Å². The number of nitrogens with one attached hydrogen (secondary N) is 2. The summed E-state index contributed by atoms with van der Waals surface area (Å²) in [6.45, 7) is 2.71. The van der Waals surface area contributed by atoms with Gasteiger partial charge in [-0.05, 0) is 31.2 Å². The predicted octanol–water partition coefficient (Wildman–Crippen LogP) is 2.75. The maximum atomic E-state index is 12.3. The van der Waals surface area contributed by atoms with E-state index in [1.165, 1.54) is 51.3 Å². The van der Waals surface area contributed by atoms with Crippen molar-refractivity contribution < 1.29 is 28.8 Å². The minimum Gasteiger partial charge on any atom is -0.494 e. The number of carbonyl (C=O) groups is 3. The molecule has 0 aliphatic rings. The number of esters is 1. The quantitative estimate of drug-likeness (QED) is 0.413. The van der Waals surface area contributed by atoms with Crippen molar-refractivity contribution in [1.29, 1.82) is 0 Å². The molecule has 0 aliphatic heterocycles. The Hall–Kier alpha value is -3.95. The van der Waals surface area contributed by atoms with Crippen molar-refractivity contribution in [2.45, 2.75) is 20.0 Å². The van der Waals surface area contributed by atoms with Crippen molar-refractivity contribution in [2.24, 2.45) is 0 Å². The van der Waals surface area contributed by atoms with Crippen LogP contribution in [0.1, 0.15) is 24.2 Å². The van der Waals surface area contributed by atoms with Crippen LogP contribution >= 0.6 is 0 Å². The number of nitrogens with zero attached hydrogens (tertiary/aromatic N) is 1. The standard InChI is InChI=1S/C19H19N3O7/c1-11(29-19(25)13-5-4-6-14(9-13)20-12(2)23)18(24)21-16-8-7-15(22(26)27)10-17(16)28-3/h4-11H,1-3H3,(H,20,23)(H,21,24)/t11-/m1/s1. The molecule has 0 unspecified atom stereocenters. The lowest BCUT2D eigenvalue weighted by molar-refractivity contribution is -0.384. The molecule has 2 rings (SSSR count). The number of amides is 2. The number of ether oxygens (including phenoxy) is 2. The Labute approximate surface area is 166 Å². The average Bonchev–Trinajstić information content (AvgIpc) is 2.67. The normalized spacial score (nSPS) is 11.1. The third-order valence-corrected chi connectivity index (χ3v) is 3.73. The molecule has 2 N–H and O–H groups in total. The topological polar surface area (TPSA) is 137 Å². The molecule has 0 fully saturated rings. The second-order valence-electron chi connectivity index (χ2n) is 5.94. The lowest BCUT2D eigenvalue weighted by atomic mass is 10.2. The smallest absolute Gasteiger partial charge is 0.338 e. The molecule has 0 bridgehead atoms. The lowest BCUT2D eigenvalue weighted by Gasteiger charge is -2.15. The molecule has 2 amide bonds. The maximum Gasteiger partial charge on any atom is 0.338 e.